The van der Waals surface area contributed by atoms with E-state index >= 15 is 0 Å². The second kappa shape index (κ2) is 4.10. The van der Waals surface area contributed by atoms with Crippen LogP contribution in [0.1, 0.15) is 26.2 Å². The highest BCUT2D eigenvalue weighted by Gasteiger charge is 2.35. The topological polar surface area (TPSA) is 64.4 Å². The van der Waals surface area contributed by atoms with E-state index in [0.717, 1.165) is 39.0 Å². The van der Waals surface area contributed by atoms with E-state index in [-0.39, 0.29) is 23.3 Å². The summed E-state index contributed by atoms with van der Waals surface area (Å²) in [5.74, 6) is 0.320. The maximum absolute atomic E-state index is 11.8. The number of nitrogens with one attached hydrogen (secondary N) is 1. The largest absolute Gasteiger partial charge is 0.380 e. The summed E-state index contributed by atoms with van der Waals surface area (Å²) in [7, 11) is 0. The molecule has 0 aromatic rings. The molecule has 1 saturated carbocycles. The summed E-state index contributed by atoms with van der Waals surface area (Å²) in [6.45, 7) is 4.39. The second-order valence-electron chi connectivity index (χ2n) is 5.29. The Kier molecular flexibility index (Phi) is 2.98. The molecule has 0 aromatic carbocycles. The van der Waals surface area contributed by atoms with Gasteiger partial charge in [0.05, 0.1) is 13.2 Å². The number of carbonyl (C=O) groups is 1. The van der Waals surface area contributed by atoms with E-state index in [1.165, 1.54) is 0 Å². The van der Waals surface area contributed by atoms with Gasteiger partial charge >= 0.3 is 0 Å². The Bertz CT molecular complexity index is 251. The van der Waals surface area contributed by atoms with Crippen molar-refractivity contribution in [3.05, 3.63) is 0 Å². The lowest BCUT2D eigenvalue weighted by Gasteiger charge is -2.38. The molecule has 0 spiro atoms. The number of ether oxygens (including phenoxy) is 1. The third-order valence-corrected chi connectivity index (χ3v) is 3.43. The molecule has 1 saturated heterocycles. The van der Waals surface area contributed by atoms with Crippen molar-refractivity contribution in [3.63, 3.8) is 0 Å². The van der Waals surface area contributed by atoms with Crippen LogP contribution in [0.5, 0.6) is 0 Å². The van der Waals surface area contributed by atoms with E-state index in [1.807, 2.05) is 0 Å². The van der Waals surface area contributed by atoms with Crippen LogP contribution in [0, 0.1) is 11.3 Å². The Morgan fingerprint density at radius 3 is 2.73 bits per heavy atom. The quantitative estimate of drug-likeness (QED) is 0.705. The lowest BCUT2D eigenvalue weighted by molar-refractivity contribution is -0.130. The van der Waals surface area contributed by atoms with Crippen LogP contribution in [0.3, 0.4) is 0 Å². The van der Waals surface area contributed by atoms with Gasteiger partial charge in [0.1, 0.15) is 0 Å². The molecule has 3 N–H and O–H groups in total. The molecule has 2 aliphatic rings. The van der Waals surface area contributed by atoms with Gasteiger partial charge in [-0.1, -0.05) is 6.92 Å². The summed E-state index contributed by atoms with van der Waals surface area (Å²) in [4.78, 5) is 11.8. The maximum atomic E-state index is 11.8. The van der Waals surface area contributed by atoms with Crippen LogP contribution >= 0.6 is 0 Å². The molecule has 1 aliphatic heterocycles. The van der Waals surface area contributed by atoms with Crippen molar-refractivity contribution in [1.82, 2.24) is 5.32 Å². The number of hydrogen-bond donors (Lipinski definition) is 2. The molecule has 86 valence electrons. The van der Waals surface area contributed by atoms with Gasteiger partial charge in [0, 0.05) is 23.9 Å². The lowest BCUT2D eigenvalue weighted by Crippen LogP contribution is -2.49. The molecule has 2 fully saturated rings. The summed E-state index contributed by atoms with van der Waals surface area (Å²) in [6, 6.07) is 0.225. The average Bonchev–Trinajstić information content (AvgIpc) is 2.58. The van der Waals surface area contributed by atoms with E-state index < -0.39 is 0 Å². The number of rotatable bonds is 3. The fourth-order valence-corrected chi connectivity index (χ4v) is 2.25. The van der Waals surface area contributed by atoms with Crippen LogP contribution in [0.4, 0.5) is 0 Å². The first-order valence-corrected chi connectivity index (χ1v) is 5.70. The molecular weight excluding hydrogens is 192 g/mol. The van der Waals surface area contributed by atoms with E-state index in [4.69, 9.17) is 10.5 Å². The van der Waals surface area contributed by atoms with Gasteiger partial charge in [0.25, 0.3) is 0 Å². The van der Waals surface area contributed by atoms with Gasteiger partial charge in [-0.15, -0.1) is 0 Å². The fourth-order valence-electron chi connectivity index (χ4n) is 2.25. The first kappa shape index (κ1) is 10.9. The Labute approximate surface area is 90.5 Å². The Balaban J connectivity index is 1.72. The average molecular weight is 212 g/mol. The maximum Gasteiger partial charge on any atom is 0.223 e. The van der Waals surface area contributed by atoms with Gasteiger partial charge in [-0.3, -0.25) is 4.79 Å². The fraction of sp³-hybridized carbons (Fsp3) is 0.909. The van der Waals surface area contributed by atoms with Crippen molar-refractivity contribution >= 4 is 5.91 Å². The lowest BCUT2D eigenvalue weighted by atomic mass is 9.88. The van der Waals surface area contributed by atoms with Crippen LogP contribution in [-0.2, 0) is 9.53 Å². The molecule has 1 amide bonds. The molecule has 0 aromatic heterocycles. The Morgan fingerprint density at radius 1 is 1.53 bits per heavy atom. The zero-order valence-corrected chi connectivity index (χ0v) is 9.29. The summed E-state index contributed by atoms with van der Waals surface area (Å²) in [5.41, 5.74) is 5.95. The standard InChI is InChI=1S/C11H20N2O2/c1-11(6-15-7-11)5-13-10(14)8-2-3-9(12)4-8/h8-9H,2-7,12H2,1H3,(H,13,14). The Hall–Kier alpha value is -0.610. The smallest absolute Gasteiger partial charge is 0.223 e. The predicted molar refractivity (Wildman–Crippen MR) is 57.3 cm³/mol. The van der Waals surface area contributed by atoms with Gasteiger partial charge < -0.3 is 15.8 Å². The van der Waals surface area contributed by atoms with E-state index in [0.29, 0.717) is 0 Å². The highest BCUT2D eigenvalue weighted by Crippen LogP contribution is 2.27. The van der Waals surface area contributed by atoms with Gasteiger partial charge in [0.2, 0.25) is 5.91 Å². The minimum Gasteiger partial charge on any atom is -0.380 e. The first-order valence-electron chi connectivity index (χ1n) is 5.70. The number of carbonyl (C=O) groups excluding carboxylic acids is 1. The van der Waals surface area contributed by atoms with Crippen LogP contribution < -0.4 is 11.1 Å². The molecule has 2 rings (SSSR count). The SMILES string of the molecule is CC1(CNC(=O)C2CCC(N)C2)COC1. The molecule has 4 nitrogen and oxygen atoms in total. The number of amides is 1. The second-order valence-corrected chi connectivity index (χ2v) is 5.29. The third kappa shape index (κ3) is 2.49. The number of nitrogens with two attached hydrogens (primary N) is 1. The summed E-state index contributed by atoms with van der Waals surface area (Å²) < 4.78 is 5.14. The van der Waals surface area contributed by atoms with Crippen LogP contribution in [0.2, 0.25) is 0 Å². The zero-order valence-electron chi connectivity index (χ0n) is 9.29. The molecule has 2 atom stereocenters. The predicted octanol–water partition coefficient (Wildman–Crippen LogP) is 0.267. The van der Waals surface area contributed by atoms with Gasteiger partial charge in [-0.2, -0.15) is 0 Å². The summed E-state index contributed by atoms with van der Waals surface area (Å²) in [5, 5.41) is 3.01. The highest BCUT2D eigenvalue weighted by atomic mass is 16.5. The van der Waals surface area contributed by atoms with Crippen molar-refractivity contribution in [2.75, 3.05) is 19.8 Å². The normalized spacial score (nSPS) is 33.5. The zero-order chi connectivity index (χ0) is 10.9. The monoisotopic (exact) mass is 212 g/mol. The van der Waals surface area contributed by atoms with E-state index in [9.17, 15) is 4.79 Å². The molecule has 1 heterocycles. The minimum atomic E-state index is 0.143. The Morgan fingerprint density at radius 2 is 2.27 bits per heavy atom. The van der Waals surface area contributed by atoms with Crippen LogP contribution in [0.15, 0.2) is 0 Å². The van der Waals surface area contributed by atoms with Crippen LogP contribution in [0.25, 0.3) is 0 Å². The first-order chi connectivity index (χ1) is 7.09. The van der Waals surface area contributed by atoms with Gasteiger partial charge in [-0.05, 0) is 19.3 Å². The third-order valence-electron chi connectivity index (χ3n) is 3.43. The molecule has 2 unspecified atom stereocenters. The molecule has 4 heteroatoms. The minimum absolute atomic E-state index is 0.143. The van der Waals surface area contributed by atoms with Crippen molar-refractivity contribution in [2.45, 2.75) is 32.2 Å². The van der Waals surface area contributed by atoms with Crippen molar-refractivity contribution in [1.29, 1.82) is 0 Å². The van der Waals surface area contributed by atoms with E-state index in [2.05, 4.69) is 12.2 Å². The highest BCUT2D eigenvalue weighted by molar-refractivity contribution is 5.79. The van der Waals surface area contributed by atoms with Crippen molar-refractivity contribution < 1.29 is 9.53 Å². The van der Waals surface area contributed by atoms with Gasteiger partial charge in [0.15, 0.2) is 0 Å². The molecular formula is C11H20N2O2. The summed E-state index contributed by atoms with van der Waals surface area (Å²) in [6.07, 6.45) is 2.78. The van der Waals surface area contributed by atoms with Crippen molar-refractivity contribution in [2.24, 2.45) is 17.1 Å². The molecule has 15 heavy (non-hydrogen) atoms. The molecule has 1 aliphatic carbocycles. The van der Waals surface area contributed by atoms with Crippen molar-refractivity contribution in [3.8, 4) is 0 Å². The van der Waals surface area contributed by atoms with E-state index in [1.54, 1.807) is 0 Å². The summed E-state index contributed by atoms with van der Waals surface area (Å²) >= 11 is 0. The van der Waals surface area contributed by atoms with Crippen LogP contribution in [-0.4, -0.2) is 31.7 Å². The number of hydrogen-bond acceptors (Lipinski definition) is 3. The molecule has 0 radical (unpaired) electrons. The van der Waals surface area contributed by atoms with Gasteiger partial charge in [-0.25, -0.2) is 0 Å². The molecule has 0 bridgehead atoms.